The molecule has 6 rings (SSSR count). The quantitative estimate of drug-likeness (QED) is 0.0449. The van der Waals surface area contributed by atoms with E-state index >= 15 is 0 Å². The lowest BCUT2D eigenvalue weighted by Crippen LogP contribution is -2.53. The van der Waals surface area contributed by atoms with Gasteiger partial charge in [-0.1, -0.05) is 45.2 Å². The number of nitrogens with one attached hydrogen (secondary N) is 5. The number of anilines is 2. The molecule has 4 aliphatic rings. The summed E-state index contributed by atoms with van der Waals surface area (Å²) in [5.41, 5.74) is 9.21. The number of hydrazine groups is 2. The van der Waals surface area contributed by atoms with Crippen LogP contribution in [0.4, 0.5) is 24.5 Å². The molecule has 12 nitrogen and oxygen atoms in total. The smallest absolute Gasteiger partial charge is 0.362 e. The van der Waals surface area contributed by atoms with Crippen LogP contribution in [0.3, 0.4) is 0 Å². The van der Waals surface area contributed by atoms with Crippen molar-refractivity contribution in [3.05, 3.63) is 70.0 Å². The third kappa shape index (κ3) is 10.9. The molecule has 3 fully saturated rings. The van der Waals surface area contributed by atoms with Gasteiger partial charge in [-0.15, -0.1) is 0 Å². The molecule has 3 aliphatic carbocycles. The Hall–Kier alpha value is -3.99. The van der Waals surface area contributed by atoms with Crippen LogP contribution in [0.15, 0.2) is 47.8 Å². The summed E-state index contributed by atoms with van der Waals surface area (Å²) in [6, 6.07) is 9.73. The maximum absolute atomic E-state index is 14.2. The second kappa shape index (κ2) is 19.9. The van der Waals surface area contributed by atoms with Gasteiger partial charge in [0, 0.05) is 43.7 Å². The van der Waals surface area contributed by atoms with Gasteiger partial charge in [-0.3, -0.25) is 19.4 Å². The van der Waals surface area contributed by atoms with E-state index in [1.54, 1.807) is 16.8 Å². The van der Waals surface area contributed by atoms with Crippen LogP contribution in [0.1, 0.15) is 85.8 Å². The minimum absolute atomic E-state index is 0.0883. The average molecular weight is 802 g/mol. The summed E-state index contributed by atoms with van der Waals surface area (Å²) < 4.78 is 43.7. The van der Waals surface area contributed by atoms with Crippen LogP contribution in [0.5, 0.6) is 0 Å². The fourth-order valence-electron chi connectivity index (χ4n) is 7.65. The first-order chi connectivity index (χ1) is 26.9. The lowest BCUT2D eigenvalue weighted by atomic mass is 9.83. The molecule has 0 aromatic heterocycles. The van der Waals surface area contributed by atoms with Gasteiger partial charge in [0.05, 0.1) is 22.5 Å². The summed E-state index contributed by atoms with van der Waals surface area (Å²) in [5.74, 6) is 6.20. The predicted octanol–water partition coefficient (Wildman–Crippen LogP) is 5.50. The van der Waals surface area contributed by atoms with Gasteiger partial charge >= 0.3 is 6.18 Å². The number of benzene rings is 2. The standard InChI is InChI=1S/C38H51F3N8O3S.C2H7N/c1-3-24-8-7-9-25(24)22-43-45-31(4-2)35(37(52)49(42)23-34(50)44-32-17-16-30(38(39,40)41)27-14-15-28(27)32)47-18-20-48(21-19-47)36(51)29-10-5-6-11-33(29)46-53-26-12-13-26;1-3-2/h5-6,10-11,16-17,24-26,43,45-46H,3-4,7-9,12-15,18-23,42H2,1-2H3,(H,44,50);3H,1-2H3/b35-31+;. The maximum atomic E-state index is 14.2. The molecule has 1 heterocycles. The van der Waals surface area contributed by atoms with Gasteiger partial charge < -0.3 is 30.6 Å². The van der Waals surface area contributed by atoms with Crippen molar-refractivity contribution in [2.75, 3.05) is 63.4 Å². The number of hydrogen-bond acceptors (Lipinski definition) is 10. The molecule has 2 unspecified atom stereocenters. The number of amides is 3. The highest BCUT2D eigenvalue weighted by molar-refractivity contribution is 8.01. The lowest BCUT2D eigenvalue weighted by Gasteiger charge is -2.38. The number of carbonyl (C=O) groups excluding carboxylic acids is 3. The molecule has 2 atom stereocenters. The molecule has 2 aromatic rings. The molecule has 1 saturated heterocycles. The zero-order valence-electron chi connectivity index (χ0n) is 33.0. The molecule has 3 amide bonds. The highest BCUT2D eigenvalue weighted by Gasteiger charge is 2.38. The van der Waals surface area contributed by atoms with Gasteiger partial charge in [0.25, 0.3) is 11.8 Å². The number of nitrogens with two attached hydrogens (primary N) is 1. The molecular weight excluding hydrogens is 744 g/mol. The number of piperazine rings is 1. The molecule has 0 bridgehead atoms. The summed E-state index contributed by atoms with van der Waals surface area (Å²) in [6.07, 6.45) is 3.71. The largest absolute Gasteiger partial charge is 0.416 e. The molecule has 2 aromatic carbocycles. The van der Waals surface area contributed by atoms with Crippen molar-refractivity contribution in [3.63, 3.8) is 0 Å². The van der Waals surface area contributed by atoms with Crippen molar-refractivity contribution in [2.24, 2.45) is 17.7 Å². The van der Waals surface area contributed by atoms with E-state index in [2.05, 4.69) is 33.1 Å². The number of hydrogen-bond donors (Lipinski definition) is 6. The molecule has 0 radical (unpaired) electrons. The molecule has 56 heavy (non-hydrogen) atoms. The van der Waals surface area contributed by atoms with E-state index in [-0.39, 0.29) is 17.9 Å². The first-order valence-electron chi connectivity index (χ1n) is 19.8. The number of para-hydroxylation sites is 1. The summed E-state index contributed by atoms with van der Waals surface area (Å²) in [4.78, 5) is 44.8. The minimum Gasteiger partial charge on any atom is -0.362 e. The molecule has 2 saturated carbocycles. The second-order valence-electron chi connectivity index (χ2n) is 14.9. The fraction of sp³-hybridized carbons (Fsp3) is 0.575. The van der Waals surface area contributed by atoms with E-state index in [0.717, 1.165) is 36.1 Å². The van der Waals surface area contributed by atoms with Crippen LogP contribution < -0.4 is 32.0 Å². The fourth-order valence-corrected chi connectivity index (χ4v) is 8.49. The number of carbonyl (C=O) groups is 3. The Morgan fingerprint density at radius 3 is 2.18 bits per heavy atom. The summed E-state index contributed by atoms with van der Waals surface area (Å²) in [7, 11) is 3.75. The number of halogens is 3. The van der Waals surface area contributed by atoms with Crippen molar-refractivity contribution in [3.8, 4) is 0 Å². The summed E-state index contributed by atoms with van der Waals surface area (Å²) >= 11 is 1.64. The van der Waals surface area contributed by atoms with E-state index in [9.17, 15) is 27.6 Å². The topological polar surface area (TPSA) is 147 Å². The Bertz CT molecular complexity index is 1710. The number of fused-ring (bicyclic) bond motifs is 1. The van der Waals surface area contributed by atoms with Gasteiger partial charge in [-0.25, -0.2) is 11.3 Å². The van der Waals surface area contributed by atoms with Crippen LogP contribution in [-0.2, 0) is 28.6 Å². The molecular formula is C40H58F3N9O3S. The van der Waals surface area contributed by atoms with E-state index in [0.29, 0.717) is 84.3 Å². The van der Waals surface area contributed by atoms with Gasteiger partial charge in [0.15, 0.2) is 0 Å². The minimum atomic E-state index is -4.47. The van der Waals surface area contributed by atoms with Crippen molar-refractivity contribution in [2.45, 2.75) is 83.1 Å². The highest BCUT2D eigenvalue weighted by atomic mass is 32.2. The molecule has 7 N–H and O–H groups in total. The van der Waals surface area contributed by atoms with Crippen LogP contribution >= 0.6 is 11.9 Å². The first kappa shape index (κ1) is 43.1. The Morgan fingerprint density at radius 2 is 1.55 bits per heavy atom. The van der Waals surface area contributed by atoms with Gasteiger partial charge in [0.1, 0.15) is 12.2 Å². The van der Waals surface area contributed by atoms with Gasteiger partial charge in [0.2, 0.25) is 5.91 Å². The Morgan fingerprint density at radius 1 is 0.893 bits per heavy atom. The Kier molecular flexibility index (Phi) is 15.4. The molecule has 16 heteroatoms. The lowest BCUT2D eigenvalue weighted by molar-refractivity contribution is -0.138. The van der Waals surface area contributed by atoms with E-state index in [1.807, 2.05) is 50.2 Å². The van der Waals surface area contributed by atoms with Crippen molar-refractivity contribution < 1.29 is 27.6 Å². The van der Waals surface area contributed by atoms with Gasteiger partial charge in [-0.2, -0.15) is 13.2 Å². The van der Waals surface area contributed by atoms with Crippen molar-refractivity contribution in [1.29, 1.82) is 0 Å². The van der Waals surface area contributed by atoms with Crippen LogP contribution in [0, 0.1) is 11.8 Å². The molecule has 0 spiro atoms. The summed E-state index contributed by atoms with van der Waals surface area (Å²) in [5, 5.41) is 6.84. The third-order valence-electron chi connectivity index (χ3n) is 10.9. The van der Waals surface area contributed by atoms with E-state index in [4.69, 9.17) is 5.84 Å². The number of allylic oxidation sites excluding steroid dienone is 1. The van der Waals surface area contributed by atoms with E-state index < -0.39 is 30.1 Å². The molecule has 308 valence electrons. The first-order valence-corrected chi connectivity index (χ1v) is 20.7. The second-order valence-corrected chi connectivity index (χ2v) is 16.0. The van der Waals surface area contributed by atoms with Crippen LogP contribution in [0.25, 0.3) is 0 Å². The third-order valence-corrected chi connectivity index (χ3v) is 12.0. The predicted molar refractivity (Wildman–Crippen MR) is 216 cm³/mol. The van der Waals surface area contributed by atoms with Gasteiger partial charge in [-0.05, 0) is 112 Å². The monoisotopic (exact) mass is 801 g/mol. The zero-order chi connectivity index (χ0) is 40.4. The summed E-state index contributed by atoms with van der Waals surface area (Å²) in [6.45, 7) is 5.84. The average Bonchev–Trinajstić information content (AvgIpc) is 3.89. The number of alkyl halides is 3. The van der Waals surface area contributed by atoms with Crippen molar-refractivity contribution in [1.82, 2.24) is 31.0 Å². The van der Waals surface area contributed by atoms with Crippen molar-refractivity contribution >= 4 is 41.0 Å². The SMILES string of the molecule is CC/C(NNCC1CCCC1CC)=C(/C(=O)N(N)CC(=O)Nc1ccc(C(F)(F)F)c2c1CC2)N1CCN(C(=O)c2ccccc2NSC2CC2)CC1.CNC. The van der Waals surface area contributed by atoms with Crippen LogP contribution in [0.2, 0.25) is 0 Å². The van der Waals surface area contributed by atoms with E-state index in [1.165, 1.54) is 31.7 Å². The highest BCUT2D eigenvalue weighted by Crippen LogP contribution is 2.41. The Labute approximate surface area is 333 Å². The Balaban J connectivity index is 0.00000194. The zero-order valence-corrected chi connectivity index (χ0v) is 33.8. The van der Waals surface area contributed by atoms with Crippen LogP contribution in [-0.4, -0.2) is 91.1 Å². The normalized spacial score (nSPS) is 19.5. The molecule has 1 aliphatic heterocycles. The maximum Gasteiger partial charge on any atom is 0.416 e. The number of nitrogens with zero attached hydrogens (tertiary/aromatic N) is 3. The number of rotatable bonds is 15.